The van der Waals surface area contributed by atoms with E-state index < -0.39 is 26.4 Å². The number of fused-ring (bicyclic) bond motifs is 1. The highest BCUT2D eigenvalue weighted by Gasteiger charge is 2.35. The molecular weight excluding hydrogens is 377 g/mol. The van der Waals surface area contributed by atoms with E-state index in [0.717, 1.165) is 18.7 Å². The summed E-state index contributed by atoms with van der Waals surface area (Å²) < 4.78 is 16.7. The minimum absolute atomic E-state index is 0.173. The second-order valence-corrected chi connectivity index (χ2v) is 7.55. The Hall–Kier alpha value is -2.59. The van der Waals surface area contributed by atoms with Crippen LogP contribution in [0.25, 0.3) is 11.7 Å². The molecule has 27 heavy (non-hydrogen) atoms. The Kier molecular flexibility index (Phi) is 4.31. The van der Waals surface area contributed by atoms with Crippen LogP contribution in [-0.2, 0) is 18.7 Å². The van der Waals surface area contributed by atoms with Crippen LogP contribution in [-0.4, -0.2) is 53.9 Å². The predicted molar refractivity (Wildman–Crippen MR) is 92.1 cm³/mol. The van der Waals surface area contributed by atoms with Crippen LogP contribution in [0.15, 0.2) is 24.0 Å². The summed E-state index contributed by atoms with van der Waals surface area (Å²) in [6.45, 7) is -0.804. The molecule has 3 heterocycles. The van der Waals surface area contributed by atoms with Crippen molar-refractivity contribution >= 4 is 37.2 Å². The number of imide groups is 1. The average molecular weight is 393 g/mol. The van der Waals surface area contributed by atoms with Crippen LogP contribution in [0.2, 0.25) is 0 Å². The van der Waals surface area contributed by atoms with Crippen molar-refractivity contribution in [3.63, 3.8) is 0 Å². The van der Waals surface area contributed by atoms with Crippen molar-refractivity contribution in [2.75, 3.05) is 12.0 Å². The summed E-state index contributed by atoms with van der Waals surface area (Å²) in [6, 6.07) is 2.24. The highest BCUT2D eigenvalue weighted by Crippen LogP contribution is 2.36. The van der Waals surface area contributed by atoms with E-state index in [1.54, 1.807) is 23.0 Å². The number of anilines is 1. The standard InChI is InChI=1S/C15H16N5O6P/c21-13-6-9(15(22)19(13)8-26-27(23,24)25)5-10-7-17-20-12(18-11-1-2-11)3-4-16-14(10)20/h3-5,7,11,18H,1-2,6,8H2,(H2,23,24,25). The van der Waals surface area contributed by atoms with Crippen LogP contribution < -0.4 is 5.32 Å². The summed E-state index contributed by atoms with van der Waals surface area (Å²) in [4.78, 5) is 46.7. The molecule has 0 radical (unpaired) electrons. The normalized spacial score (nSPS) is 19.5. The summed E-state index contributed by atoms with van der Waals surface area (Å²) in [5.41, 5.74) is 1.26. The zero-order chi connectivity index (χ0) is 19.2. The lowest BCUT2D eigenvalue weighted by atomic mass is 10.1. The smallest absolute Gasteiger partial charge is 0.367 e. The largest absolute Gasteiger partial charge is 0.471 e. The monoisotopic (exact) mass is 393 g/mol. The number of carbonyl (C=O) groups is 2. The molecule has 1 saturated carbocycles. The molecule has 0 unspecified atom stereocenters. The summed E-state index contributed by atoms with van der Waals surface area (Å²) in [5.74, 6) is -0.474. The number of phosphoric ester groups is 1. The number of amides is 2. The van der Waals surface area contributed by atoms with Crippen molar-refractivity contribution in [1.82, 2.24) is 19.5 Å². The van der Waals surface area contributed by atoms with Crippen molar-refractivity contribution < 1.29 is 28.5 Å². The molecule has 1 aliphatic carbocycles. The van der Waals surface area contributed by atoms with Gasteiger partial charge in [0.2, 0.25) is 5.91 Å². The van der Waals surface area contributed by atoms with Gasteiger partial charge in [0.25, 0.3) is 5.91 Å². The van der Waals surface area contributed by atoms with Gasteiger partial charge in [-0.1, -0.05) is 0 Å². The van der Waals surface area contributed by atoms with Crippen LogP contribution in [0.1, 0.15) is 24.8 Å². The zero-order valence-corrected chi connectivity index (χ0v) is 14.9. The third kappa shape index (κ3) is 3.76. The highest BCUT2D eigenvalue weighted by molar-refractivity contribution is 7.46. The van der Waals surface area contributed by atoms with E-state index in [-0.39, 0.29) is 12.0 Å². The molecule has 0 atom stereocenters. The number of hydrogen-bond acceptors (Lipinski definition) is 7. The van der Waals surface area contributed by atoms with E-state index in [0.29, 0.717) is 22.2 Å². The van der Waals surface area contributed by atoms with Gasteiger partial charge < -0.3 is 15.1 Å². The van der Waals surface area contributed by atoms with Gasteiger partial charge in [0.15, 0.2) is 5.65 Å². The second-order valence-electron chi connectivity index (χ2n) is 6.31. The maximum Gasteiger partial charge on any atom is 0.471 e. The molecule has 4 rings (SSSR count). The van der Waals surface area contributed by atoms with E-state index in [9.17, 15) is 14.2 Å². The minimum Gasteiger partial charge on any atom is -0.367 e. The fourth-order valence-corrected chi connectivity index (χ4v) is 3.01. The number of carbonyl (C=O) groups excluding carboxylic acids is 2. The molecule has 0 bridgehead atoms. The first kappa shape index (κ1) is 17.8. The number of phosphoric acid groups is 1. The first-order valence-corrected chi connectivity index (χ1v) is 9.69. The number of rotatable bonds is 6. The number of nitrogens with zero attached hydrogens (tertiary/aromatic N) is 4. The van der Waals surface area contributed by atoms with Crippen LogP contribution in [0.3, 0.4) is 0 Å². The second kappa shape index (κ2) is 6.54. The van der Waals surface area contributed by atoms with Gasteiger partial charge in [-0.3, -0.25) is 19.0 Å². The molecule has 12 heteroatoms. The molecule has 1 aliphatic heterocycles. The molecule has 2 aromatic rings. The van der Waals surface area contributed by atoms with E-state index >= 15 is 0 Å². The summed E-state index contributed by atoms with van der Waals surface area (Å²) in [6.07, 6.45) is 6.69. The van der Waals surface area contributed by atoms with Crippen molar-refractivity contribution in [3.05, 3.63) is 29.6 Å². The fraction of sp³-hybridized carbons (Fsp3) is 0.333. The Bertz CT molecular complexity index is 1010. The van der Waals surface area contributed by atoms with Crippen LogP contribution in [0.4, 0.5) is 5.82 Å². The van der Waals surface area contributed by atoms with Crippen LogP contribution in [0, 0.1) is 0 Å². The maximum atomic E-state index is 12.4. The summed E-state index contributed by atoms with van der Waals surface area (Å²) >= 11 is 0. The van der Waals surface area contributed by atoms with Gasteiger partial charge in [-0.25, -0.2) is 9.55 Å². The lowest BCUT2D eigenvalue weighted by Gasteiger charge is -2.13. The van der Waals surface area contributed by atoms with Crippen molar-refractivity contribution in [2.45, 2.75) is 25.3 Å². The molecule has 1 saturated heterocycles. The van der Waals surface area contributed by atoms with Crippen molar-refractivity contribution in [3.8, 4) is 0 Å². The van der Waals surface area contributed by atoms with E-state index in [4.69, 9.17) is 9.79 Å². The third-order valence-electron chi connectivity index (χ3n) is 4.21. The van der Waals surface area contributed by atoms with Gasteiger partial charge in [0, 0.05) is 23.4 Å². The molecule has 0 aromatic carbocycles. The molecule has 2 aromatic heterocycles. The Morgan fingerprint density at radius 3 is 2.85 bits per heavy atom. The quantitative estimate of drug-likeness (QED) is 0.363. The Morgan fingerprint density at radius 2 is 2.15 bits per heavy atom. The van der Waals surface area contributed by atoms with Gasteiger partial charge in [-0.15, -0.1) is 0 Å². The fourth-order valence-electron chi connectivity index (χ4n) is 2.74. The average Bonchev–Trinajstić information content (AvgIpc) is 3.25. The SMILES string of the molecule is O=C1CC(=Cc2cnn3c(NC4CC4)ccnc23)C(=O)N1COP(=O)(O)O. The topological polar surface area (TPSA) is 146 Å². The van der Waals surface area contributed by atoms with Gasteiger partial charge in [0.1, 0.15) is 12.5 Å². The number of likely N-dealkylation sites (tertiary alicyclic amines) is 1. The first-order chi connectivity index (χ1) is 12.8. The van der Waals surface area contributed by atoms with Gasteiger partial charge in [0.05, 0.1) is 12.6 Å². The van der Waals surface area contributed by atoms with Crippen LogP contribution >= 0.6 is 7.82 Å². The Labute approximate surface area is 152 Å². The molecule has 2 amide bonds. The molecule has 2 fully saturated rings. The van der Waals surface area contributed by atoms with Gasteiger partial charge in [-0.05, 0) is 25.0 Å². The number of hydrogen-bond donors (Lipinski definition) is 3. The van der Waals surface area contributed by atoms with E-state index in [1.807, 2.05) is 0 Å². The Balaban J connectivity index is 1.59. The Morgan fingerprint density at radius 1 is 1.37 bits per heavy atom. The lowest BCUT2D eigenvalue weighted by Crippen LogP contribution is -2.31. The van der Waals surface area contributed by atoms with Gasteiger partial charge in [-0.2, -0.15) is 9.61 Å². The van der Waals surface area contributed by atoms with Gasteiger partial charge >= 0.3 is 7.82 Å². The first-order valence-electron chi connectivity index (χ1n) is 8.16. The highest BCUT2D eigenvalue weighted by atomic mass is 31.2. The third-order valence-corrected chi connectivity index (χ3v) is 4.66. The molecular formula is C15H16N5O6P. The van der Waals surface area contributed by atoms with E-state index in [1.165, 1.54) is 6.08 Å². The van der Waals surface area contributed by atoms with Crippen LogP contribution in [0.5, 0.6) is 0 Å². The molecule has 0 spiro atoms. The van der Waals surface area contributed by atoms with E-state index in [2.05, 4.69) is 19.9 Å². The maximum absolute atomic E-state index is 12.4. The molecule has 3 N–H and O–H groups in total. The lowest BCUT2D eigenvalue weighted by molar-refractivity contribution is -0.141. The van der Waals surface area contributed by atoms with Crippen molar-refractivity contribution in [2.24, 2.45) is 0 Å². The number of nitrogens with one attached hydrogen (secondary N) is 1. The minimum atomic E-state index is -4.79. The molecule has 142 valence electrons. The zero-order valence-electron chi connectivity index (χ0n) is 14.0. The molecule has 2 aliphatic rings. The summed E-state index contributed by atoms with van der Waals surface area (Å²) in [5, 5.41) is 7.62. The van der Waals surface area contributed by atoms with Crippen molar-refractivity contribution in [1.29, 1.82) is 0 Å². The predicted octanol–water partition coefficient (Wildman–Crippen LogP) is 0.513. The number of aromatic nitrogens is 3. The molecule has 11 nitrogen and oxygen atoms in total. The summed E-state index contributed by atoms with van der Waals surface area (Å²) in [7, 11) is -4.79.